The van der Waals surface area contributed by atoms with Gasteiger partial charge in [0.1, 0.15) is 9.88 Å². The molecule has 0 bridgehead atoms. The minimum absolute atomic E-state index is 0.351. The Morgan fingerprint density at radius 1 is 1.42 bits per heavy atom. The van der Waals surface area contributed by atoms with E-state index < -0.39 is 5.97 Å². The molecule has 102 valence electrons. The molecule has 2 aromatic rings. The predicted octanol–water partition coefficient (Wildman–Crippen LogP) is 5.29. The van der Waals surface area contributed by atoms with Crippen LogP contribution in [0.25, 0.3) is 9.88 Å². The first kappa shape index (κ1) is 15.2. The van der Waals surface area contributed by atoms with E-state index in [1.54, 1.807) is 11.3 Å². The standard InChI is InChI=1S/C12H11Br2NO2S2/c1-5(2)3-7-9(12(16)17)19-11(15-7)8-4-6(13)10(14)18-8/h4-5H,3H2,1-2H3,(H,16,17). The monoisotopic (exact) mass is 423 g/mol. The van der Waals surface area contributed by atoms with Gasteiger partial charge in [-0.3, -0.25) is 0 Å². The van der Waals surface area contributed by atoms with Crippen LogP contribution in [0.1, 0.15) is 29.2 Å². The predicted molar refractivity (Wildman–Crippen MR) is 86.3 cm³/mol. The van der Waals surface area contributed by atoms with Gasteiger partial charge in [-0.15, -0.1) is 22.7 Å². The van der Waals surface area contributed by atoms with E-state index in [0.29, 0.717) is 22.9 Å². The molecule has 0 saturated heterocycles. The molecular weight excluding hydrogens is 414 g/mol. The molecule has 19 heavy (non-hydrogen) atoms. The Labute approximate surface area is 136 Å². The second kappa shape index (κ2) is 6.03. The van der Waals surface area contributed by atoms with E-state index >= 15 is 0 Å². The summed E-state index contributed by atoms with van der Waals surface area (Å²) in [6, 6.07) is 1.96. The van der Waals surface area contributed by atoms with Gasteiger partial charge in [-0.2, -0.15) is 0 Å². The summed E-state index contributed by atoms with van der Waals surface area (Å²) in [5, 5.41) is 10.0. The third-order valence-electron chi connectivity index (χ3n) is 2.35. The molecule has 2 aromatic heterocycles. The summed E-state index contributed by atoms with van der Waals surface area (Å²) >= 11 is 9.66. The lowest BCUT2D eigenvalue weighted by molar-refractivity contribution is 0.0700. The highest BCUT2D eigenvalue weighted by Crippen LogP contribution is 2.40. The zero-order valence-electron chi connectivity index (χ0n) is 10.2. The number of carboxylic acids is 1. The van der Waals surface area contributed by atoms with Crippen LogP contribution in [0.15, 0.2) is 14.3 Å². The van der Waals surface area contributed by atoms with Crippen LogP contribution in [-0.2, 0) is 6.42 Å². The van der Waals surface area contributed by atoms with Gasteiger partial charge in [-0.05, 0) is 50.3 Å². The largest absolute Gasteiger partial charge is 0.477 e. The van der Waals surface area contributed by atoms with E-state index in [0.717, 1.165) is 18.1 Å². The molecule has 0 atom stereocenters. The number of hydrogen-bond acceptors (Lipinski definition) is 4. The SMILES string of the molecule is CC(C)Cc1nc(-c2cc(Br)c(Br)s2)sc1C(=O)O. The lowest BCUT2D eigenvalue weighted by Gasteiger charge is -2.01. The normalized spacial score (nSPS) is 11.2. The van der Waals surface area contributed by atoms with Gasteiger partial charge in [0.15, 0.2) is 0 Å². The minimum Gasteiger partial charge on any atom is -0.477 e. The molecule has 0 radical (unpaired) electrons. The second-order valence-corrected chi connectivity index (χ2v) is 8.65. The average molecular weight is 425 g/mol. The van der Waals surface area contributed by atoms with Gasteiger partial charge in [0.05, 0.1) is 14.4 Å². The van der Waals surface area contributed by atoms with Crippen LogP contribution < -0.4 is 0 Å². The lowest BCUT2D eigenvalue weighted by atomic mass is 10.1. The smallest absolute Gasteiger partial charge is 0.347 e. The molecule has 0 aliphatic carbocycles. The molecule has 2 heterocycles. The highest BCUT2D eigenvalue weighted by Gasteiger charge is 2.20. The Balaban J connectivity index is 2.45. The molecule has 2 rings (SSSR count). The number of aromatic nitrogens is 1. The maximum atomic E-state index is 11.3. The van der Waals surface area contributed by atoms with Crippen LogP contribution in [0.2, 0.25) is 0 Å². The van der Waals surface area contributed by atoms with Crippen molar-refractivity contribution in [3.8, 4) is 9.88 Å². The van der Waals surface area contributed by atoms with E-state index in [2.05, 4.69) is 50.7 Å². The van der Waals surface area contributed by atoms with Crippen molar-refractivity contribution in [1.82, 2.24) is 4.98 Å². The van der Waals surface area contributed by atoms with Crippen molar-refractivity contribution in [3.63, 3.8) is 0 Å². The summed E-state index contributed by atoms with van der Waals surface area (Å²) in [6.07, 6.45) is 0.686. The molecule has 1 N–H and O–H groups in total. The van der Waals surface area contributed by atoms with E-state index in [1.807, 2.05) is 6.07 Å². The van der Waals surface area contributed by atoms with Crippen molar-refractivity contribution in [2.24, 2.45) is 5.92 Å². The quantitative estimate of drug-likeness (QED) is 0.724. The summed E-state index contributed by atoms with van der Waals surface area (Å²) in [6.45, 7) is 4.12. The number of halogens is 2. The number of nitrogens with zero attached hydrogens (tertiary/aromatic N) is 1. The number of carboxylic acid groups (broad SMARTS) is 1. The number of thiophene rings is 1. The molecule has 0 spiro atoms. The number of hydrogen-bond donors (Lipinski definition) is 1. The van der Waals surface area contributed by atoms with Gasteiger partial charge in [-0.1, -0.05) is 13.8 Å². The fraction of sp³-hybridized carbons (Fsp3) is 0.333. The van der Waals surface area contributed by atoms with Gasteiger partial charge in [0, 0.05) is 4.47 Å². The zero-order valence-corrected chi connectivity index (χ0v) is 15.0. The first-order chi connectivity index (χ1) is 8.88. The highest BCUT2D eigenvalue weighted by atomic mass is 79.9. The third-order valence-corrected chi connectivity index (χ3v) is 6.86. The molecule has 7 heteroatoms. The Morgan fingerprint density at radius 2 is 2.11 bits per heavy atom. The molecule has 0 amide bonds. The molecule has 0 unspecified atom stereocenters. The van der Waals surface area contributed by atoms with Crippen molar-refractivity contribution < 1.29 is 9.90 Å². The molecular formula is C12H11Br2NO2S2. The zero-order chi connectivity index (χ0) is 14.2. The van der Waals surface area contributed by atoms with Crippen LogP contribution in [0, 0.1) is 5.92 Å². The van der Waals surface area contributed by atoms with Crippen LogP contribution in [0.3, 0.4) is 0 Å². The van der Waals surface area contributed by atoms with Crippen molar-refractivity contribution in [2.45, 2.75) is 20.3 Å². The summed E-state index contributed by atoms with van der Waals surface area (Å²) in [5.41, 5.74) is 0.683. The van der Waals surface area contributed by atoms with Gasteiger partial charge in [0.25, 0.3) is 0 Å². The van der Waals surface area contributed by atoms with E-state index in [4.69, 9.17) is 0 Å². The maximum absolute atomic E-state index is 11.3. The summed E-state index contributed by atoms with van der Waals surface area (Å²) < 4.78 is 1.95. The fourth-order valence-corrected chi connectivity index (χ4v) is 4.61. The first-order valence-corrected chi connectivity index (χ1v) is 8.78. The van der Waals surface area contributed by atoms with Crippen molar-refractivity contribution >= 4 is 60.5 Å². The van der Waals surface area contributed by atoms with Gasteiger partial charge >= 0.3 is 5.97 Å². The fourth-order valence-electron chi connectivity index (χ4n) is 1.60. The Morgan fingerprint density at radius 3 is 2.58 bits per heavy atom. The number of carbonyl (C=O) groups is 1. The molecule has 0 aliphatic rings. The molecule has 0 aromatic carbocycles. The van der Waals surface area contributed by atoms with Crippen LogP contribution in [-0.4, -0.2) is 16.1 Å². The minimum atomic E-state index is -0.894. The van der Waals surface area contributed by atoms with Crippen LogP contribution in [0.4, 0.5) is 0 Å². The number of thiazole rings is 1. The topological polar surface area (TPSA) is 50.2 Å². The van der Waals surface area contributed by atoms with E-state index in [-0.39, 0.29) is 0 Å². The highest BCUT2D eigenvalue weighted by molar-refractivity contribution is 9.13. The summed E-state index contributed by atoms with van der Waals surface area (Å²) in [5.74, 6) is -0.510. The first-order valence-electron chi connectivity index (χ1n) is 5.56. The average Bonchev–Trinajstić information content (AvgIpc) is 2.83. The van der Waals surface area contributed by atoms with Gasteiger partial charge < -0.3 is 5.11 Å². The van der Waals surface area contributed by atoms with E-state index in [1.165, 1.54) is 11.3 Å². The third kappa shape index (κ3) is 3.45. The maximum Gasteiger partial charge on any atom is 0.347 e. The van der Waals surface area contributed by atoms with Crippen molar-refractivity contribution in [2.75, 3.05) is 0 Å². The van der Waals surface area contributed by atoms with Gasteiger partial charge in [-0.25, -0.2) is 9.78 Å². The van der Waals surface area contributed by atoms with Crippen molar-refractivity contribution in [3.05, 3.63) is 24.9 Å². The molecule has 3 nitrogen and oxygen atoms in total. The Hall–Kier alpha value is -0.240. The number of rotatable bonds is 4. The number of aromatic carboxylic acids is 1. The molecule has 0 aliphatic heterocycles. The van der Waals surface area contributed by atoms with Crippen molar-refractivity contribution in [1.29, 1.82) is 0 Å². The summed E-state index contributed by atoms with van der Waals surface area (Å²) in [4.78, 5) is 17.1. The Kier molecular flexibility index (Phi) is 4.81. The second-order valence-electron chi connectivity index (χ2n) is 4.43. The van der Waals surface area contributed by atoms with E-state index in [9.17, 15) is 9.90 Å². The molecule has 0 saturated carbocycles. The molecule has 0 fully saturated rings. The van der Waals surface area contributed by atoms with Crippen LogP contribution in [0.5, 0.6) is 0 Å². The Bertz CT molecular complexity index is 600. The summed E-state index contributed by atoms with van der Waals surface area (Å²) in [7, 11) is 0. The van der Waals surface area contributed by atoms with Gasteiger partial charge in [0.2, 0.25) is 0 Å². The lowest BCUT2D eigenvalue weighted by Crippen LogP contribution is -2.02. The van der Waals surface area contributed by atoms with Crippen LogP contribution >= 0.6 is 54.5 Å².